The van der Waals surface area contributed by atoms with Crippen molar-refractivity contribution in [3.63, 3.8) is 0 Å². The molecule has 0 radical (unpaired) electrons. The van der Waals surface area contributed by atoms with Crippen LogP contribution in [0.25, 0.3) is 0 Å². The Kier molecular flexibility index (Phi) is 4.63. The highest BCUT2D eigenvalue weighted by atomic mass is 16.7. The molecule has 19 heavy (non-hydrogen) atoms. The molecule has 0 aromatic carbocycles. The van der Waals surface area contributed by atoms with E-state index in [9.17, 15) is 9.59 Å². The summed E-state index contributed by atoms with van der Waals surface area (Å²) in [6.07, 6.45) is 3.40. The predicted octanol–water partition coefficient (Wildman–Crippen LogP) is 1.55. The number of urea groups is 1. The van der Waals surface area contributed by atoms with Gasteiger partial charge in [-0.25, -0.2) is 9.59 Å². The zero-order valence-corrected chi connectivity index (χ0v) is 11.6. The Balaban J connectivity index is 1.96. The second-order valence-electron chi connectivity index (χ2n) is 4.95. The van der Waals surface area contributed by atoms with E-state index in [4.69, 9.17) is 9.57 Å². The van der Waals surface area contributed by atoms with E-state index in [2.05, 4.69) is 6.92 Å². The highest BCUT2D eigenvalue weighted by Crippen LogP contribution is 2.30. The fourth-order valence-electron chi connectivity index (χ4n) is 2.59. The van der Waals surface area contributed by atoms with Crippen molar-refractivity contribution in [2.24, 2.45) is 0 Å². The average molecular weight is 270 g/mol. The lowest BCUT2D eigenvalue weighted by Crippen LogP contribution is -2.45. The summed E-state index contributed by atoms with van der Waals surface area (Å²) in [6.45, 7) is 5.31. The molecule has 6 heteroatoms. The molecule has 6 nitrogen and oxygen atoms in total. The summed E-state index contributed by atoms with van der Waals surface area (Å²) < 4.78 is 5.02. The monoisotopic (exact) mass is 270 g/mol. The number of rotatable bonds is 6. The summed E-state index contributed by atoms with van der Waals surface area (Å²) >= 11 is 0. The largest absolute Gasteiger partial charge is 0.464 e. The van der Waals surface area contributed by atoms with Crippen LogP contribution in [-0.2, 0) is 14.4 Å². The summed E-state index contributed by atoms with van der Waals surface area (Å²) in [4.78, 5) is 31.2. The Bertz CT molecular complexity index is 348. The summed E-state index contributed by atoms with van der Waals surface area (Å²) in [6, 6.07) is -0.560. The second kappa shape index (κ2) is 6.23. The maximum Gasteiger partial charge on any atom is 0.345 e. The molecule has 2 bridgehead atoms. The third kappa shape index (κ3) is 2.83. The number of carbonyl (C=O) groups excluding carboxylic acids is 2. The molecule has 0 N–H and O–H groups in total. The van der Waals surface area contributed by atoms with Gasteiger partial charge < -0.3 is 9.64 Å². The van der Waals surface area contributed by atoms with E-state index in [1.807, 2.05) is 0 Å². The zero-order chi connectivity index (χ0) is 13.8. The molecule has 0 saturated carbocycles. The normalized spacial score (nSPS) is 25.9. The molecule has 0 spiro atoms. The topological polar surface area (TPSA) is 59.1 Å². The number of hydrogen-bond acceptors (Lipinski definition) is 4. The smallest absolute Gasteiger partial charge is 0.345 e. The highest BCUT2D eigenvalue weighted by Gasteiger charge is 2.48. The summed E-state index contributed by atoms with van der Waals surface area (Å²) in [7, 11) is 0. The van der Waals surface area contributed by atoms with Crippen molar-refractivity contribution in [1.82, 2.24) is 9.96 Å². The van der Waals surface area contributed by atoms with Crippen molar-refractivity contribution in [2.75, 3.05) is 19.8 Å². The second-order valence-corrected chi connectivity index (χ2v) is 4.95. The number of carbonyl (C=O) groups is 2. The van der Waals surface area contributed by atoms with Crippen molar-refractivity contribution in [1.29, 1.82) is 0 Å². The average Bonchev–Trinajstić information content (AvgIpc) is 2.64. The van der Waals surface area contributed by atoms with Gasteiger partial charge in [0, 0.05) is 6.54 Å². The first kappa shape index (κ1) is 14.1. The van der Waals surface area contributed by atoms with Crippen molar-refractivity contribution in [3.05, 3.63) is 0 Å². The molecule has 2 saturated heterocycles. The highest BCUT2D eigenvalue weighted by molar-refractivity contribution is 5.85. The van der Waals surface area contributed by atoms with Crippen LogP contribution in [0.15, 0.2) is 0 Å². The standard InChI is InChI=1S/C13H22N2O4/c1-3-5-8-19-15-10-6-7-11(12(16)18-4-2)14(9-10)13(15)17/h10-11H,3-9H2,1-2H3/t10-,11-/m0/s1. The van der Waals surface area contributed by atoms with Crippen molar-refractivity contribution >= 4 is 12.0 Å². The number of fused-ring (bicyclic) bond motifs is 2. The molecule has 0 aromatic heterocycles. The molecule has 0 aromatic rings. The van der Waals surface area contributed by atoms with E-state index in [1.165, 1.54) is 5.06 Å². The van der Waals surface area contributed by atoms with E-state index < -0.39 is 6.04 Å². The van der Waals surface area contributed by atoms with Crippen LogP contribution in [0.1, 0.15) is 39.5 Å². The SMILES string of the molecule is CCCCON1C(=O)N2C[C@@H]1CC[C@H]2C(=O)OCC. The van der Waals surface area contributed by atoms with Crippen LogP contribution in [0.5, 0.6) is 0 Å². The molecule has 2 heterocycles. The number of amides is 2. The Hall–Kier alpha value is -1.30. The van der Waals surface area contributed by atoms with Gasteiger partial charge >= 0.3 is 12.0 Å². The number of hydroxylamine groups is 2. The lowest BCUT2D eigenvalue weighted by Gasteiger charge is -2.28. The molecule has 2 atom stereocenters. The fraction of sp³-hybridized carbons (Fsp3) is 0.846. The molecule has 2 aliphatic rings. The quantitative estimate of drug-likeness (QED) is 0.543. The molecule has 108 valence electrons. The van der Waals surface area contributed by atoms with E-state index in [1.54, 1.807) is 11.8 Å². The van der Waals surface area contributed by atoms with Gasteiger partial charge in [0.05, 0.1) is 19.3 Å². The van der Waals surface area contributed by atoms with Crippen LogP contribution in [-0.4, -0.2) is 53.8 Å². The number of ether oxygens (including phenoxy) is 1. The number of esters is 1. The van der Waals surface area contributed by atoms with Crippen LogP contribution in [0.3, 0.4) is 0 Å². The Labute approximate surface area is 113 Å². The zero-order valence-electron chi connectivity index (χ0n) is 11.6. The maximum absolute atomic E-state index is 12.2. The fourth-order valence-corrected chi connectivity index (χ4v) is 2.59. The summed E-state index contributed by atoms with van der Waals surface area (Å²) in [5.41, 5.74) is 0. The van der Waals surface area contributed by atoms with Gasteiger partial charge in [-0.15, -0.1) is 0 Å². The number of hydrogen-bond donors (Lipinski definition) is 0. The van der Waals surface area contributed by atoms with E-state index in [-0.39, 0.29) is 18.0 Å². The molecule has 0 aliphatic carbocycles. The van der Waals surface area contributed by atoms with Crippen LogP contribution >= 0.6 is 0 Å². The Morgan fingerprint density at radius 2 is 2.16 bits per heavy atom. The van der Waals surface area contributed by atoms with Gasteiger partial charge in [0.15, 0.2) is 0 Å². The third-order valence-electron chi connectivity index (χ3n) is 3.61. The molecule has 0 unspecified atom stereocenters. The minimum Gasteiger partial charge on any atom is -0.464 e. The van der Waals surface area contributed by atoms with Gasteiger partial charge in [-0.3, -0.25) is 4.84 Å². The van der Waals surface area contributed by atoms with Gasteiger partial charge in [0.1, 0.15) is 6.04 Å². The maximum atomic E-state index is 12.2. The lowest BCUT2D eigenvalue weighted by molar-refractivity contribution is -0.149. The first-order valence-corrected chi connectivity index (χ1v) is 7.08. The van der Waals surface area contributed by atoms with Crippen molar-refractivity contribution in [3.8, 4) is 0 Å². The van der Waals surface area contributed by atoms with Gasteiger partial charge in [-0.2, -0.15) is 5.06 Å². The lowest BCUT2D eigenvalue weighted by atomic mass is 10.0. The van der Waals surface area contributed by atoms with Gasteiger partial charge in [-0.1, -0.05) is 13.3 Å². The summed E-state index contributed by atoms with van der Waals surface area (Å²) in [5.74, 6) is -0.301. The van der Waals surface area contributed by atoms with Crippen LogP contribution < -0.4 is 0 Å². The molecule has 2 amide bonds. The van der Waals surface area contributed by atoms with Gasteiger partial charge in [0.25, 0.3) is 0 Å². The van der Waals surface area contributed by atoms with Crippen LogP contribution in [0, 0.1) is 0 Å². The van der Waals surface area contributed by atoms with Crippen LogP contribution in [0.4, 0.5) is 4.79 Å². The van der Waals surface area contributed by atoms with Crippen molar-refractivity contribution < 1.29 is 19.2 Å². The van der Waals surface area contributed by atoms with Crippen LogP contribution in [0.2, 0.25) is 0 Å². The molecule has 2 aliphatic heterocycles. The minimum atomic E-state index is -0.441. The Morgan fingerprint density at radius 3 is 2.84 bits per heavy atom. The molecular weight excluding hydrogens is 248 g/mol. The van der Waals surface area contributed by atoms with E-state index in [0.717, 1.165) is 19.3 Å². The minimum absolute atomic E-state index is 0.0787. The number of unbranched alkanes of at least 4 members (excludes halogenated alkanes) is 1. The molecule has 2 fully saturated rings. The third-order valence-corrected chi connectivity index (χ3v) is 3.61. The number of piperidine rings is 1. The van der Waals surface area contributed by atoms with E-state index in [0.29, 0.717) is 26.2 Å². The predicted molar refractivity (Wildman–Crippen MR) is 68.2 cm³/mol. The first-order chi connectivity index (χ1) is 9.19. The van der Waals surface area contributed by atoms with Crippen molar-refractivity contribution in [2.45, 2.75) is 51.6 Å². The molecule has 2 rings (SSSR count). The molecular formula is C13H22N2O4. The first-order valence-electron chi connectivity index (χ1n) is 7.08. The van der Waals surface area contributed by atoms with Gasteiger partial charge in [0.2, 0.25) is 0 Å². The van der Waals surface area contributed by atoms with Gasteiger partial charge in [-0.05, 0) is 26.2 Å². The Morgan fingerprint density at radius 1 is 1.37 bits per heavy atom. The number of nitrogens with zero attached hydrogens (tertiary/aromatic N) is 2. The van der Waals surface area contributed by atoms with E-state index >= 15 is 0 Å². The summed E-state index contributed by atoms with van der Waals surface area (Å²) in [5, 5.41) is 1.45.